The largest absolute Gasteiger partial charge is 0.484 e. The maximum absolute atomic E-state index is 12.4. The third kappa shape index (κ3) is 6.05. The highest BCUT2D eigenvalue weighted by atomic mass is 35.5. The van der Waals surface area contributed by atoms with Crippen LogP contribution in [-0.2, 0) is 17.9 Å². The Labute approximate surface area is 209 Å². The van der Waals surface area contributed by atoms with Crippen molar-refractivity contribution < 1.29 is 9.53 Å². The Morgan fingerprint density at radius 3 is 2.76 bits per heavy atom. The van der Waals surface area contributed by atoms with E-state index in [2.05, 4.69) is 20.5 Å². The average Bonchev–Trinajstić information content (AvgIpc) is 3.44. The second-order valence-electron chi connectivity index (χ2n) is 6.75. The minimum Gasteiger partial charge on any atom is -0.484 e. The third-order valence-electron chi connectivity index (χ3n) is 4.51. The number of aromatic nitrogens is 4. The lowest BCUT2D eigenvalue weighted by Gasteiger charge is -2.10. The first-order chi connectivity index (χ1) is 16.0. The van der Waals surface area contributed by atoms with Crippen molar-refractivity contribution in [3.8, 4) is 17.0 Å². The van der Waals surface area contributed by atoms with Gasteiger partial charge in [-0.3, -0.25) is 4.79 Å². The van der Waals surface area contributed by atoms with E-state index in [0.29, 0.717) is 38.5 Å². The number of hydrogen-bond acceptors (Lipinski definition) is 7. The number of carbonyl (C=O) groups excluding carboxylic acids is 1. The Hall–Kier alpha value is -2.59. The number of rotatable bonds is 9. The van der Waals surface area contributed by atoms with Gasteiger partial charge in [0.2, 0.25) is 5.91 Å². The van der Waals surface area contributed by atoms with Gasteiger partial charge in [-0.2, -0.15) is 0 Å². The molecule has 1 N–H and O–H groups in total. The van der Waals surface area contributed by atoms with Crippen molar-refractivity contribution in [3.63, 3.8) is 0 Å². The predicted octanol–water partition coefficient (Wildman–Crippen LogP) is 6.04. The molecule has 170 valence electrons. The van der Waals surface area contributed by atoms with Crippen LogP contribution >= 0.6 is 46.3 Å². The number of hydrogen-bond donors (Lipinski definition) is 1. The van der Waals surface area contributed by atoms with E-state index in [9.17, 15) is 4.79 Å². The molecule has 0 aliphatic carbocycles. The lowest BCUT2D eigenvalue weighted by Crippen LogP contribution is -2.14. The fourth-order valence-electron chi connectivity index (χ4n) is 2.94. The van der Waals surface area contributed by atoms with Crippen molar-refractivity contribution in [2.24, 2.45) is 0 Å². The Balaban J connectivity index is 1.33. The molecule has 0 atom stereocenters. The summed E-state index contributed by atoms with van der Waals surface area (Å²) < 4.78 is 7.67. The van der Waals surface area contributed by atoms with Gasteiger partial charge in [0.25, 0.3) is 0 Å². The minimum atomic E-state index is -0.162. The van der Waals surface area contributed by atoms with Gasteiger partial charge in [0.1, 0.15) is 12.4 Å². The number of carbonyl (C=O) groups is 1. The summed E-state index contributed by atoms with van der Waals surface area (Å²) >= 11 is 14.8. The van der Waals surface area contributed by atoms with Crippen LogP contribution in [0.25, 0.3) is 11.3 Å². The fraction of sp³-hybridized carbons (Fsp3) is 0.182. The maximum atomic E-state index is 12.4. The van der Waals surface area contributed by atoms with E-state index in [4.69, 9.17) is 27.9 Å². The van der Waals surface area contributed by atoms with Crippen molar-refractivity contribution in [1.29, 1.82) is 0 Å². The zero-order chi connectivity index (χ0) is 23.2. The molecule has 0 spiro atoms. The number of amides is 1. The highest BCUT2D eigenvalue weighted by Gasteiger charge is 2.15. The smallest absolute Gasteiger partial charge is 0.236 e. The van der Waals surface area contributed by atoms with Gasteiger partial charge in [-0.05, 0) is 25.1 Å². The summed E-state index contributed by atoms with van der Waals surface area (Å²) in [5.74, 6) is 1.17. The van der Waals surface area contributed by atoms with E-state index in [-0.39, 0.29) is 18.3 Å². The molecule has 2 heterocycles. The number of thioether (sulfide) groups is 1. The number of nitrogens with zero attached hydrogens (tertiary/aromatic N) is 4. The van der Waals surface area contributed by atoms with Gasteiger partial charge in [0, 0.05) is 22.5 Å². The van der Waals surface area contributed by atoms with Gasteiger partial charge in [-0.15, -0.1) is 21.5 Å². The minimum absolute atomic E-state index is 0.162. The summed E-state index contributed by atoms with van der Waals surface area (Å²) in [5.41, 5.74) is 1.84. The normalized spacial score (nSPS) is 10.9. The molecule has 33 heavy (non-hydrogen) atoms. The molecular weight excluding hydrogens is 501 g/mol. The van der Waals surface area contributed by atoms with Crippen LogP contribution in [0.15, 0.2) is 59.1 Å². The van der Waals surface area contributed by atoms with Gasteiger partial charge in [-0.25, -0.2) is 4.98 Å². The lowest BCUT2D eigenvalue weighted by molar-refractivity contribution is -0.113. The van der Waals surface area contributed by atoms with Crippen molar-refractivity contribution >= 4 is 57.3 Å². The Morgan fingerprint density at radius 1 is 1.18 bits per heavy atom. The Morgan fingerprint density at radius 2 is 2.00 bits per heavy atom. The van der Waals surface area contributed by atoms with Crippen LogP contribution in [0.3, 0.4) is 0 Å². The molecule has 7 nitrogen and oxygen atoms in total. The molecule has 0 saturated carbocycles. The Bertz CT molecular complexity index is 1250. The first-order valence-electron chi connectivity index (χ1n) is 9.97. The fourth-order valence-corrected chi connectivity index (χ4v) is 4.96. The van der Waals surface area contributed by atoms with E-state index < -0.39 is 0 Å². The van der Waals surface area contributed by atoms with Gasteiger partial charge in [-0.1, -0.05) is 65.3 Å². The molecule has 4 aromatic rings. The van der Waals surface area contributed by atoms with Gasteiger partial charge < -0.3 is 14.6 Å². The summed E-state index contributed by atoms with van der Waals surface area (Å²) in [6.07, 6.45) is 0. The third-order valence-corrected chi connectivity index (χ3v) is 6.77. The van der Waals surface area contributed by atoms with Gasteiger partial charge >= 0.3 is 0 Å². The summed E-state index contributed by atoms with van der Waals surface area (Å²) in [5, 5.41) is 15.3. The SMILES string of the molecule is CCn1c(COc2ccc(Cl)cc2Cl)nnc1SCC(=O)Nc1nc(-c2ccccc2)cs1. The number of thiazole rings is 1. The number of halogens is 2. The molecule has 2 aromatic carbocycles. The number of benzene rings is 2. The first-order valence-corrected chi connectivity index (χ1v) is 12.6. The van der Waals surface area contributed by atoms with Crippen molar-refractivity contribution in [2.75, 3.05) is 11.1 Å². The van der Waals surface area contributed by atoms with Gasteiger partial charge in [0.05, 0.1) is 16.5 Å². The van der Waals surface area contributed by atoms with Crippen LogP contribution in [0.1, 0.15) is 12.7 Å². The average molecular weight is 520 g/mol. The first kappa shape index (κ1) is 23.6. The molecule has 0 unspecified atom stereocenters. The van der Waals surface area contributed by atoms with Crippen molar-refractivity contribution in [1.82, 2.24) is 19.7 Å². The quantitative estimate of drug-likeness (QED) is 0.271. The molecule has 0 bridgehead atoms. The monoisotopic (exact) mass is 519 g/mol. The molecule has 0 aliphatic rings. The van der Waals surface area contributed by atoms with Crippen LogP contribution in [0.4, 0.5) is 5.13 Å². The van der Waals surface area contributed by atoms with E-state index in [1.54, 1.807) is 18.2 Å². The maximum Gasteiger partial charge on any atom is 0.236 e. The van der Waals surface area contributed by atoms with Crippen LogP contribution in [-0.4, -0.2) is 31.4 Å². The second kappa shape index (κ2) is 11.0. The van der Waals surface area contributed by atoms with E-state index >= 15 is 0 Å². The van der Waals surface area contributed by atoms with Crippen LogP contribution in [0.5, 0.6) is 5.75 Å². The van der Waals surface area contributed by atoms with E-state index in [0.717, 1.165) is 11.3 Å². The molecule has 0 saturated heterocycles. The number of anilines is 1. The number of ether oxygens (including phenoxy) is 1. The summed E-state index contributed by atoms with van der Waals surface area (Å²) in [6.45, 7) is 2.81. The molecule has 0 fully saturated rings. The van der Waals surface area contributed by atoms with E-state index in [1.807, 2.05) is 47.2 Å². The number of nitrogens with one attached hydrogen (secondary N) is 1. The molecule has 2 aromatic heterocycles. The van der Waals surface area contributed by atoms with Crippen molar-refractivity contribution in [2.45, 2.75) is 25.2 Å². The van der Waals surface area contributed by atoms with Crippen LogP contribution in [0, 0.1) is 0 Å². The highest BCUT2D eigenvalue weighted by molar-refractivity contribution is 7.99. The molecule has 11 heteroatoms. The summed E-state index contributed by atoms with van der Waals surface area (Å²) in [6, 6.07) is 14.9. The molecular formula is C22H19Cl2N5O2S2. The standard InChI is InChI=1S/C22H19Cl2N5O2S2/c1-2-29-19(11-31-18-9-8-15(23)10-16(18)24)27-28-22(29)33-13-20(30)26-21-25-17(12-32-21)14-6-4-3-5-7-14/h3-10,12H,2,11,13H2,1H3,(H,25,26,30). The predicted molar refractivity (Wildman–Crippen MR) is 133 cm³/mol. The second-order valence-corrected chi connectivity index (χ2v) is 9.39. The topological polar surface area (TPSA) is 81.9 Å². The molecule has 0 aliphatic heterocycles. The zero-order valence-electron chi connectivity index (χ0n) is 17.5. The molecule has 0 radical (unpaired) electrons. The summed E-state index contributed by atoms with van der Waals surface area (Å²) in [7, 11) is 0. The lowest BCUT2D eigenvalue weighted by atomic mass is 10.2. The highest BCUT2D eigenvalue weighted by Crippen LogP contribution is 2.29. The van der Waals surface area contributed by atoms with E-state index in [1.165, 1.54) is 23.1 Å². The summed E-state index contributed by atoms with van der Waals surface area (Å²) in [4.78, 5) is 16.9. The zero-order valence-corrected chi connectivity index (χ0v) is 20.6. The Kier molecular flexibility index (Phi) is 7.87. The molecule has 1 amide bonds. The molecule has 4 rings (SSSR count). The van der Waals surface area contributed by atoms with Gasteiger partial charge in [0.15, 0.2) is 16.1 Å². The van der Waals surface area contributed by atoms with Crippen LogP contribution in [0.2, 0.25) is 10.0 Å². The van der Waals surface area contributed by atoms with Crippen LogP contribution < -0.4 is 10.1 Å². The van der Waals surface area contributed by atoms with Crippen molar-refractivity contribution in [3.05, 3.63) is 69.8 Å².